The predicted molar refractivity (Wildman–Crippen MR) is 129 cm³/mol. The second-order valence-corrected chi connectivity index (χ2v) is 9.48. The van der Waals surface area contributed by atoms with Gasteiger partial charge in [0.05, 0.1) is 23.0 Å². The molecule has 0 amide bonds. The first-order valence-electron chi connectivity index (χ1n) is 8.73. The van der Waals surface area contributed by atoms with Crippen LogP contribution in [0.5, 0.6) is 0 Å². The first-order valence-corrected chi connectivity index (χ1v) is 12.9. The van der Waals surface area contributed by atoms with E-state index >= 15 is 0 Å². The van der Waals surface area contributed by atoms with Crippen molar-refractivity contribution in [2.24, 2.45) is 0 Å². The number of hydrogen-bond donors (Lipinski definition) is 0. The van der Waals surface area contributed by atoms with Crippen LogP contribution in [0.4, 0.5) is 0 Å². The van der Waals surface area contributed by atoms with Crippen LogP contribution in [0.3, 0.4) is 0 Å². The van der Waals surface area contributed by atoms with Crippen molar-refractivity contribution in [1.82, 2.24) is 0 Å². The van der Waals surface area contributed by atoms with Crippen LogP contribution in [-0.4, -0.2) is 34.6 Å². The molecule has 0 aromatic heterocycles. The van der Waals surface area contributed by atoms with E-state index in [0.29, 0.717) is 23.0 Å². The third-order valence-corrected chi connectivity index (χ3v) is 7.45. The van der Waals surface area contributed by atoms with Crippen LogP contribution in [0.25, 0.3) is 21.6 Å². The van der Waals surface area contributed by atoms with E-state index in [2.05, 4.69) is 0 Å². The van der Waals surface area contributed by atoms with E-state index in [1.165, 1.54) is 47.0 Å². The smallest absolute Gasteiger partial charge is 0.153 e. The summed E-state index contributed by atoms with van der Waals surface area (Å²) < 4.78 is 0. The molecule has 0 radical (unpaired) electrons. The summed E-state index contributed by atoms with van der Waals surface area (Å²) in [6, 6.07) is 16.1. The van der Waals surface area contributed by atoms with Crippen LogP contribution in [0.15, 0.2) is 48.5 Å². The van der Waals surface area contributed by atoms with E-state index in [4.69, 9.17) is 0 Å². The first kappa shape index (κ1) is 21.4. The number of fused-ring (bicyclic) bond motifs is 2. The topological polar surface area (TPSA) is 34.1 Å². The minimum atomic E-state index is 0.223. The number of ketones is 2. The van der Waals surface area contributed by atoms with E-state index in [1.807, 2.05) is 70.2 Å². The second-order valence-electron chi connectivity index (χ2n) is 6.05. The highest BCUT2D eigenvalue weighted by atomic mass is 32.2. The van der Waals surface area contributed by atoms with Crippen LogP contribution in [0, 0.1) is 0 Å². The summed E-state index contributed by atoms with van der Waals surface area (Å²) in [6.45, 7) is 0. The van der Waals surface area contributed by atoms with E-state index in [9.17, 15) is 9.59 Å². The van der Waals surface area contributed by atoms with Gasteiger partial charge in [-0.25, -0.2) is 0 Å². The summed E-state index contributed by atoms with van der Waals surface area (Å²) >= 11 is 6.10. The zero-order chi connectivity index (χ0) is 19.6. The lowest BCUT2D eigenvalue weighted by Crippen LogP contribution is -2.23. The molecule has 0 aliphatic carbocycles. The summed E-state index contributed by atoms with van der Waals surface area (Å²) in [5.74, 6) is 2.30. The molecule has 3 rings (SSSR count). The van der Waals surface area contributed by atoms with Gasteiger partial charge in [0.25, 0.3) is 0 Å². The fourth-order valence-electron chi connectivity index (χ4n) is 2.43. The summed E-state index contributed by atoms with van der Waals surface area (Å²) in [5, 5.41) is 12.4. The average Bonchev–Trinajstić information content (AvgIpc) is 2.70. The van der Waals surface area contributed by atoms with Crippen molar-refractivity contribution in [1.29, 1.82) is 0 Å². The number of Topliss-reactive ketones (excluding diaryl/α,β-unsaturated/α-hetero) is 2. The highest BCUT2D eigenvalue weighted by Crippen LogP contribution is 2.09. The van der Waals surface area contributed by atoms with E-state index in [-0.39, 0.29) is 11.6 Å². The molecular formula is C22H20O2S4. The van der Waals surface area contributed by atoms with Gasteiger partial charge in [0, 0.05) is 0 Å². The number of benzene rings is 2. The summed E-state index contributed by atoms with van der Waals surface area (Å²) in [4.78, 5) is 24.4. The Balaban J connectivity index is 1.85. The highest BCUT2D eigenvalue weighted by molar-refractivity contribution is 8.09. The molecule has 0 spiro atoms. The molecule has 28 heavy (non-hydrogen) atoms. The van der Waals surface area contributed by atoms with Crippen molar-refractivity contribution in [3.63, 3.8) is 0 Å². The summed E-state index contributed by atoms with van der Waals surface area (Å²) in [6.07, 6.45) is 0. The molecule has 2 aromatic carbocycles. The number of rotatable bonds is 0. The Morgan fingerprint density at radius 3 is 0.964 bits per heavy atom. The van der Waals surface area contributed by atoms with Gasteiger partial charge in [0.2, 0.25) is 0 Å². The van der Waals surface area contributed by atoms with E-state index < -0.39 is 0 Å². The Labute approximate surface area is 181 Å². The Hall–Kier alpha value is -1.34. The predicted octanol–water partition coefficient (Wildman–Crippen LogP) is 2.42. The molecule has 0 bridgehead atoms. The van der Waals surface area contributed by atoms with Gasteiger partial charge in [0.1, 0.15) is 0 Å². The molecule has 0 saturated carbocycles. The lowest BCUT2D eigenvalue weighted by atomic mass is 10.3. The van der Waals surface area contributed by atoms with Crippen LogP contribution >= 0.6 is 47.0 Å². The number of thioether (sulfide) groups is 4. The maximum atomic E-state index is 12.2. The molecule has 0 saturated heterocycles. The van der Waals surface area contributed by atoms with Gasteiger partial charge in [-0.05, 0) is 42.5 Å². The Kier molecular flexibility index (Phi) is 8.86. The van der Waals surface area contributed by atoms with E-state index in [0.717, 1.165) is 20.9 Å². The van der Waals surface area contributed by atoms with Gasteiger partial charge >= 0.3 is 0 Å². The molecule has 2 nitrogen and oxygen atoms in total. The van der Waals surface area contributed by atoms with Gasteiger partial charge in [-0.3, -0.25) is 9.59 Å². The van der Waals surface area contributed by atoms with Gasteiger partial charge in [0.15, 0.2) is 11.6 Å². The fraction of sp³-hybridized carbons (Fsp3) is 0.182. The molecule has 0 unspecified atom stereocenters. The fourth-order valence-corrected chi connectivity index (χ4v) is 5.75. The normalized spacial score (nSPS) is 21.6. The number of hydrogen-bond acceptors (Lipinski definition) is 6. The van der Waals surface area contributed by atoms with Crippen molar-refractivity contribution in [2.45, 2.75) is 0 Å². The Morgan fingerprint density at radius 2 is 0.714 bits per heavy atom. The molecule has 144 valence electrons. The van der Waals surface area contributed by atoms with E-state index in [1.54, 1.807) is 0 Å². The van der Waals surface area contributed by atoms with Crippen LogP contribution < -0.4 is 20.9 Å². The maximum Gasteiger partial charge on any atom is 0.153 e. The Morgan fingerprint density at radius 1 is 0.464 bits per heavy atom. The van der Waals surface area contributed by atoms with Gasteiger partial charge in [-0.15, -0.1) is 47.0 Å². The van der Waals surface area contributed by atoms with Crippen LogP contribution in [0.2, 0.25) is 0 Å². The molecule has 0 atom stereocenters. The second kappa shape index (κ2) is 11.6. The molecule has 0 fully saturated rings. The quantitative estimate of drug-likeness (QED) is 0.621. The highest BCUT2D eigenvalue weighted by Gasteiger charge is 2.02. The van der Waals surface area contributed by atoms with Crippen LogP contribution in [-0.2, 0) is 9.59 Å². The summed E-state index contributed by atoms with van der Waals surface area (Å²) in [5.41, 5.74) is 0. The zero-order valence-electron chi connectivity index (χ0n) is 15.2. The van der Waals surface area contributed by atoms with Gasteiger partial charge < -0.3 is 0 Å². The van der Waals surface area contributed by atoms with Crippen molar-refractivity contribution in [3.05, 3.63) is 69.4 Å². The average molecular weight is 445 g/mol. The van der Waals surface area contributed by atoms with Crippen molar-refractivity contribution in [2.75, 3.05) is 23.0 Å². The zero-order valence-corrected chi connectivity index (χ0v) is 18.5. The summed E-state index contributed by atoms with van der Waals surface area (Å²) in [7, 11) is 0. The molecule has 1 heterocycles. The molecule has 1 aliphatic rings. The lowest BCUT2D eigenvalue weighted by Gasteiger charge is -1.99. The van der Waals surface area contributed by atoms with Crippen molar-refractivity contribution in [3.8, 4) is 0 Å². The number of carbonyl (C=O) groups excluding carboxylic acids is 2. The van der Waals surface area contributed by atoms with Crippen molar-refractivity contribution < 1.29 is 9.59 Å². The third-order valence-electron chi connectivity index (χ3n) is 3.81. The van der Waals surface area contributed by atoms with Gasteiger partial charge in [-0.2, -0.15) is 0 Å². The molecule has 0 N–H and O–H groups in total. The molecule has 2 aromatic rings. The molecular weight excluding hydrogens is 425 g/mol. The monoisotopic (exact) mass is 444 g/mol. The van der Waals surface area contributed by atoms with Crippen molar-refractivity contribution >= 4 is 80.2 Å². The first-order chi connectivity index (χ1) is 13.7. The Bertz CT molecular complexity index is 907. The van der Waals surface area contributed by atoms with Gasteiger partial charge in [-0.1, -0.05) is 48.5 Å². The van der Waals surface area contributed by atoms with Crippen LogP contribution in [0.1, 0.15) is 0 Å². The maximum absolute atomic E-state index is 12.2. The SMILES string of the molecule is O=C1CS/C=c2/cccc/c2=C/SCC(=O)CS/C=c2/cccc/c2=C/SC1. The lowest BCUT2D eigenvalue weighted by molar-refractivity contribution is -0.115. The minimum absolute atomic E-state index is 0.223. The standard InChI is InChI=1S/C22H20O2S4/c23-21-13-25-9-17-5-1-2-6-18(17)10-26-14-22(24)16-28-12-20-8-4-3-7-19(20)11-27-15-21/h1-12H,13-16H2/b17-9-,18-10-,19-11-,20-12-. The third kappa shape index (κ3) is 6.92. The minimum Gasteiger partial charge on any atom is -0.298 e. The molecule has 6 heteroatoms. The largest absolute Gasteiger partial charge is 0.298 e. The molecule has 1 aliphatic heterocycles. The number of carbonyl (C=O) groups is 2.